The van der Waals surface area contributed by atoms with Crippen molar-refractivity contribution in [2.24, 2.45) is 17.1 Å². The van der Waals surface area contributed by atoms with Gasteiger partial charge in [-0.15, -0.1) is 0 Å². The Morgan fingerprint density at radius 2 is 2.20 bits per heavy atom. The highest BCUT2D eigenvalue weighted by Crippen LogP contribution is 2.50. The predicted octanol–water partition coefficient (Wildman–Crippen LogP) is 0.750. The number of piperidine rings is 1. The zero-order chi connectivity index (χ0) is 15.0. The summed E-state index contributed by atoms with van der Waals surface area (Å²) in [6.07, 6.45) is 2.58. The van der Waals surface area contributed by atoms with E-state index in [2.05, 4.69) is 0 Å². The van der Waals surface area contributed by atoms with Crippen LogP contribution in [0.4, 0.5) is 0 Å². The van der Waals surface area contributed by atoms with Gasteiger partial charge in [-0.05, 0) is 25.7 Å². The molecule has 1 aliphatic heterocycles. The highest BCUT2D eigenvalue weighted by atomic mass is 16.5. The second-order valence-corrected chi connectivity index (χ2v) is 6.78. The van der Waals surface area contributed by atoms with E-state index in [9.17, 15) is 9.90 Å². The third-order valence-corrected chi connectivity index (χ3v) is 5.28. The SMILES string of the molecule is CCOC1CC(N)(C(=O)N2CCCC(CO)C2)C1(C)C. The largest absolute Gasteiger partial charge is 0.396 e. The molecule has 2 fully saturated rings. The number of nitrogens with two attached hydrogens (primary N) is 1. The van der Waals surface area contributed by atoms with Crippen LogP contribution in [0.25, 0.3) is 0 Å². The van der Waals surface area contributed by atoms with Gasteiger partial charge in [0.25, 0.3) is 0 Å². The minimum absolute atomic E-state index is 0.0246. The van der Waals surface area contributed by atoms with Crippen molar-refractivity contribution in [2.75, 3.05) is 26.3 Å². The molecule has 5 heteroatoms. The predicted molar refractivity (Wildman–Crippen MR) is 77.1 cm³/mol. The lowest BCUT2D eigenvalue weighted by atomic mass is 9.54. The molecule has 0 aromatic heterocycles. The molecule has 1 amide bonds. The van der Waals surface area contributed by atoms with Gasteiger partial charge >= 0.3 is 0 Å². The molecular formula is C15H28N2O3. The van der Waals surface area contributed by atoms with Gasteiger partial charge in [-0.3, -0.25) is 4.79 Å². The standard InChI is InChI=1S/C15H28N2O3/c1-4-20-12-8-15(16,14(12,2)3)13(19)17-7-5-6-11(9-17)10-18/h11-12,18H,4-10,16H2,1-3H3. The Morgan fingerprint density at radius 3 is 2.75 bits per heavy atom. The summed E-state index contributed by atoms with van der Waals surface area (Å²) in [4.78, 5) is 14.6. The van der Waals surface area contributed by atoms with Gasteiger partial charge in [0, 0.05) is 38.1 Å². The smallest absolute Gasteiger partial charge is 0.243 e. The molecule has 0 radical (unpaired) electrons. The van der Waals surface area contributed by atoms with E-state index >= 15 is 0 Å². The molecule has 1 heterocycles. The molecule has 3 unspecified atom stereocenters. The Morgan fingerprint density at radius 1 is 1.50 bits per heavy atom. The van der Waals surface area contributed by atoms with E-state index in [-0.39, 0.29) is 30.0 Å². The van der Waals surface area contributed by atoms with Crippen molar-refractivity contribution in [3.05, 3.63) is 0 Å². The molecular weight excluding hydrogens is 256 g/mol. The molecule has 2 rings (SSSR count). The number of hydrogen-bond donors (Lipinski definition) is 2. The number of rotatable bonds is 4. The minimum atomic E-state index is -0.829. The van der Waals surface area contributed by atoms with Crippen LogP contribution in [0.2, 0.25) is 0 Å². The first-order valence-electron chi connectivity index (χ1n) is 7.67. The number of carbonyl (C=O) groups is 1. The molecule has 116 valence electrons. The van der Waals surface area contributed by atoms with Crippen LogP contribution in [0, 0.1) is 11.3 Å². The summed E-state index contributed by atoms with van der Waals surface area (Å²) in [7, 11) is 0. The fourth-order valence-electron chi connectivity index (χ4n) is 3.48. The van der Waals surface area contributed by atoms with E-state index in [1.54, 1.807) is 0 Å². The molecule has 0 bridgehead atoms. The zero-order valence-electron chi connectivity index (χ0n) is 12.9. The number of hydrogen-bond acceptors (Lipinski definition) is 4. The van der Waals surface area contributed by atoms with E-state index in [0.717, 1.165) is 19.4 Å². The Bertz CT molecular complexity index is 372. The van der Waals surface area contributed by atoms with Crippen molar-refractivity contribution in [1.29, 1.82) is 0 Å². The average molecular weight is 284 g/mol. The van der Waals surface area contributed by atoms with Crippen LogP contribution in [-0.4, -0.2) is 53.9 Å². The fraction of sp³-hybridized carbons (Fsp3) is 0.933. The Kier molecular flexibility index (Phi) is 4.42. The van der Waals surface area contributed by atoms with Crippen molar-refractivity contribution in [3.8, 4) is 0 Å². The molecule has 1 saturated carbocycles. The third-order valence-electron chi connectivity index (χ3n) is 5.28. The van der Waals surface area contributed by atoms with E-state index in [1.165, 1.54) is 0 Å². The molecule has 5 nitrogen and oxygen atoms in total. The van der Waals surface area contributed by atoms with Crippen molar-refractivity contribution in [3.63, 3.8) is 0 Å². The Labute approximate surface area is 121 Å². The summed E-state index contributed by atoms with van der Waals surface area (Å²) >= 11 is 0. The normalized spacial score (nSPS) is 36.5. The van der Waals surface area contributed by atoms with Crippen LogP contribution in [0.15, 0.2) is 0 Å². The molecule has 1 aliphatic carbocycles. The quantitative estimate of drug-likeness (QED) is 0.799. The number of nitrogens with zero attached hydrogens (tertiary/aromatic N) is 1. The summed E-state index contributed by atoms with van der Waals surface area (Å²) in [6.45, 7) is 8.17. The molecule has 3 atom stereocenters. The van der Waals surface area contributed by atoms with Crippen LogP contribution in [0.5, 0.6) is 0 Å². The van der Waals surface area contributed by atoms with E-state index in [0.29, 0.717) is 19.6 Å². The number of amides is 1. The van der Waals surface area contributed by atoms with Gasteiger partial charge in [-0.1, -0.05) is 13.8 Å². The summed E-state index contributed by atoms with van der Waals surface area (Å²) < 4.78 is 5.68. The molecule has 0 aromatic rings. The molecule has 1 saturated heterocycles. The number of carbonyl (C=O) groups excluding carboxylic acids is 1. The maximum atomic E-state index is 12.8. The number of aliphatic hydroxyl groups excluding tert-OH is 1. The maximum absolute atomic E-state index is 12.8. The Hall–Kier alpha value is -0.650. The van der Waals surface area contributed by atoms with E-state index < -0.39 is 5.54 Å². The van der Waals surface area contributed by atoms with Crippen molar-refractivity contribution < 1.29 is 14.6 Å². The number of ether oxygens (including phenoxy) is 1. The van der Waals surface area contributed by atoms with Crippen molar-refractivity contribution in [2.45, 2.75) is 51.7 Å². The van der Waals surface area contributed by atoms with Crippen molar-refractivity contribution >= 4 is 5.91 Å². The van der Waals surface area contributed by atoms with Crippen LogP contribution in [0.3, 0.4) is 0 Å². The zero-order valence-corrected chi connectivity index (χ0v) is 12.9. The van der Waals surface area contributed by atoms with E-state index in [4.69, 9.17) is 10.5 Å². The molecule has 2 aliphatic rings. The highest BCUT2D eigenvalue weighted by molar-refractivity contribution is 5.89. The minimum Gasteiger partial charge on any atom is -0.396 e. The molecule has 20 heavy (non-hydrogen) atoms. The van der Waals surface area contributed by atoms with Crippen molar-refractivity contribution in [1.82, 2.24) is 4.90 Å². The lowest BCUT2D eigenvalue weighted by Crippen LogP contribution is -2.76. The first-order valence-corrected chi connectivity index (χ1v) is 7.67. The van der Waals surface area contributed by atoms with Gasteiger partial charge in [-0.25, -0.2) is 0 Å². The maximum Gasteiger partial charge on any atom is 0.243 e. The molecule has 3 N–H and O–H groups in total. The lowest BCUT2D eigenvalue weighted by Gasteiger charge is -2.59. The first-order chi connectivity index (χ1) is 9.36. The van der Waals surface area contributed by atoms with Gasteiger partial charge in [0.05, 0.1) is 6.10 Å². The second kappa shape index (κ2) is 5.62. The van der Waals surface area contributed by atoms with Gasteiger partial charge < -0.3 is 20.5 Å². The van der Waals surface area contributed by atoms with Crippen LogP contribution >= 0.6 is 0 Å². The van der Waals surface area contributed by atoms with E-state index in [1.807, 2.05) is 25.7 Å². The third kappa shape index (κ3) is 2.36. The number of likely N-dealkylation sites (tertiary alicyclic amines) is 1. The second-order valence-electron chi connectivity index (χ2n) is 6.78. The lowest BCUT2D eigenvalue weighted by molar-refractivity contribution is -0.180. The number of aliphatic hydroxyl groups is 1. The highest BCUT2D eigenvalue weighted by Gasteiger charge is 2.63. The summed E-state index contributed by atoms with van der Waals surface area (Å²) in [5.41, 5.74) is 5.26. The molecule has 0 aromatic carbocycles. The summed E-state index contributed by atoms with van der Waals surface area (Å²) in [5, 5.41) is 9.29. The monoisotopic (exact) mass is 284 g/mol. The first kappa shape index (κ1) is 15.7. The summed E-state index contributed by atoms with van der Waals surface area (Å²) in [6, 6.07) is 0. The van der Waals surface area contributed by atoms with Gasteiger partial charge in [-0.2, -0.15) is 0 Å². The fourth-order valence-corrected chi connectivity index (χ4v) is 3.48. The van der Waals surface area contributed by atoms with Crippen LogP contribution in [0.1, 0.15) is 40.0 Å². The molecule has 0 spiro atoms. The van der Waals surface area contributed by atoms with Gasteiger partial charge in [0.15, 0.2) is 0 Å². The average Bonchev–Trinajstić information content (AvgIpc) is 2.46. The van der Waals surface area contributed by atoms with Crippen LogP contribution in [-0.2, 0) is 9.53 Å². The Balaban J connectivity index is 2.05. The summed E-state index contributed by atoms with van der Waals surface area (Å²) in [5.74, 6) is 0.221. The van der Waals surface area contributed by atoms with Crippen LogP contribution < -0.4 is 5.73 Å². The van der Waals surface area contributed by atoms with Gasteiger partial charge in [0.2, 0.25) is 5.91 Å². The topological polar surface area (TPSA) is 75.8 Å². The van der Waals surface area contributed by atoms with Gasteiger partial charge in [0.1, 0.15) is 5.54 Å².